The topological polar surface area (TPSA) is 90.1 Å². The van der Waals surface area contributed by atoms with E-state index in [-0.39, 0.29) is 0 Å². The molecule has 7 heteroatoms. The van der Waals surface area contributed by atoms with Crippen LogP contribution in [0.15, 0.2) is 27.3 Å². The second-order valence-corrected chi connectivity index (χ2v) is 6.28. The van der Waals surface area contributed by atoms with E-state index >= 15 is 0 Å². The number of aromatic nitrogens is 4. The van der Waals surface area contributed by atoms with Crippen LogP contribution in [-0.2, 0) is 13.0 Å². The van der Waals surface area contributed by atoms with E-state index in [0.717, 1.165) is 22.8 Å². The highest BCUT2D eigenvalue weighted by Gasteiger charge is 2.22. The molecule has 0 spiro atoms. The van der Waals surface area contributed by atoms with Crippen LogP contribution in [0.3, 0.4) is 0 Å². The minimum Gasteiger partial charge on any atom is -0.461 e. The normalized spacial score (nSPS) is 12.0. The lowest BCUT2D eigenvalue weighted by atomic mass is 10.1. The second kappa shape index (κ2) is 5.66. The molecule has 23 heavy (non-hydrogen) atoms. The average Bonchev–Trinajstić information content (AvgIpc) is 3.15. The first-order chi connectivity index (χ1) is 10.8. The zero-order chi connectivity index (χ0) is 16.6. The lowest BCUT2D eigenvalue weighted by molar-refractivity contribution is 0.0568. The van der Waals surface area contributed by atoms with Crippen LogP contribution in [0.2, 0.25) is 0 Å². The highest BCUT2D eigenvalue weighted by molar-refractivity contribution is 5.45. The van der Waals surface area contributed by atoms with Crippen LogP contribution in [-0.4, -0.2) is 30.6 Å². The van der Waals surface area contributed by atoms with Gasteiger partial charge in [0.1, 0.15) is 11.6 Å². The van der Waals surface area contributed by atoms with Crippen LogP contribution in [0, 0.1) is 13.8 Å². The third-order valence-corrected chi connectivity index (χ3v) is 3.54. The quantitative estimate of drug-likeness (QED) is 0.778. The number of aryl methyl sites for hydroxylation is 2. The Bertz CT molecular complexity index is 775. The van der Waals surface area contributed by atoms with Crippen molar-refractivity contribution < 1.29 is 14.0 Å². The molecule has 0 saturated heterocycles. The monoisotopic (exact) mass is 316 g/mol. The van der Waals surface area contributed by atoms with Crippen LogP contribution < -0.4 is 0 Å². The summed E-state index contributed by atoms with van der Waals surface area (Å²) in [5, 5.41) is 18.6. The molecular formula is C16H20N4O3. The van der Waals surface area contributed by atoms with E-state index in [1.54, 1.807) is 30.9 Å². The number of nitrogens with zero attached hydrogens (tertiary/aromatic N) is 4. The summed E-state index contributed by atoms with van der Waals surface area (Å²) < 4.78 is 12.3. The molecule has 0 amide bonds. The van der Waals surface area contributed by atoms with Crippen LogP contribution in [0.5, 0.6) is 0 Å². The third-order valence-electron chi connectivity index (χ3n) is 3.54. The Hall–Kier alpha value is -2.41. The van der Waals surface area contributed by atoms with Crippen molar-refractivity contribution in [2.24, 2.45) is 0 Å². The number of hydrogen-bond donors (Lipinski definition) is 1. The van der Waals surface area contributed by atoms with Crippen LogP contribution in [0.1, 0.15) is 36.7 Å². The van der Waals surface area contributed by atoms with E-state index in [2.05, 4.69) is 15.2 Å². The summed E-state index contributed by atoms with van der Waals surface area (Å²) in [7, 11) is 0. The van der Waals surface area contributed by atoms with Gasteiger partial charge in [-0.05, 0) is 39.8 Å². The summed E-state index contributed by atoms with van der Waals surface area (Å²) in [6, 6.07) is 3.60. The molecule has 0 radical (unpaired) electrons. The van der Waals surface area contributed by atoms with Crippen molar-refractivity contribution in [2.45, 2.75) is 46.3 Å². The van der Waals surface area contributed by atoms with Crippen molar-refractivity contribution in [3.63, 3.8) is 0 Å². The molecule has 3 heterocycles. The molecule has 0 bridgehead atoms. The lowest BCUT2D eigenvalue weighted by Crippen LogP contribution is -2.28. The van der Waals surface area contributed by atoms with Gasteiger partial charge in [-0.25, -0.2) is 9.67 Å². The molecule has 0 aromatic carbocycles. The van der Waals surface area contributed by atoms with E-state index in [9.17, 15) is 5.11 Å². The molecule has 0 saturated carbocycles. The maximum atomic E-state index is 10.1. The molecule has 3 aromatic rings. The number of rotatable bonds is 5. The van der Waals surface area contributed by atoms with Crippen molar-refractivity contribution in [2.75, 3.05) is 0 Å². The minimum atomic E-state index is -0.901. The number of hydrogen-bond acceptors (Lipinski definition) is 6. The molecule has 3 aromatic heterocycles. The largest absolute Gasteiger partial charge is 0.461 e. The molecule has 0 atom stereocenters. The Kier molecular flexibility index (Phi) is 3.81. The summed E-state index contributed by atoms with van der Waals surface area (Å²) >= 11 is 0. The molecule has 0 aliphatic rings. The molecule has 0 fully saturated rings. The van der Waals surface area contributed by atoms with Gasteiger partial charge in [0.05, 0.1) is 24.1 Å². The second-order valence-electron chi connectivity index (χ2n) is 6.28. The van der Waals surface area contributed by atoms with Gasteiger partial charge < -0.3 is 14.0 Å². The maximum absolute atomic E-state index is 10.1. The fourth-order valence-electron chi connectivity index (χ4n) is 2.42. The van der Waals surface area contributed by atoms with Crippen molar-refractivity contribution in [1.29, 1.82) is 0 Å². The third kappa shape index (κ3) is 3.34. The van der Waals surface area contributed by atoms with Gasteiger partial charge in [-0.1, -0.05) is 5.16 Å². The minimum absolute atomic E-state index is 0.333. The van der Waals surface area contributed by atoms with Gasteiger partial charge in [0.25, 0.3) is 0 Å². The van der Waals surface area contributed by atoms with E-state index in [1.807, 2.05) is 19.9 Å². The van der Waals surface area contributed by atoms with Gasteiger partial charge in [-0.15, -0.1) is 5.10 Å². The fourth-order valence-corrected chi connectivity index (χ4v) is 2.42. The van der Waals surface area contributed by atoms with Crippen LogP contribution in [0.25, 0.3) is 11.6 Å². The first kappa shape index (κ1) is 15.5. The van der Waals surface area contributed by atoms with Gasteiger partial charge in [-0.2, -0.15) is 0 Å². The summed E-state index contributed by atoms with van der Waals surface area (Å²) in [6.45, 7) is 7.58. The Morgan fingerprint density at radius 3 is 2.65 bits per heavy atom. The highest BCUT2D eigenvalue weighted by atomic mass is 16.5. The summed E-state index contributed by atoms with van der Waals surface area (Å²) in [5.41, 5.74) is 0.919. The van der Waals surface area contributed by atoms with E-state index < -0.39 is 5.60 Å². The zero-order valence-corrected chi connectivity index (χ0v) is 13.7. The molecule has 122 valence electrons. The molecule has 0 aliphatic heterocycles. The molecular weight excluding hydrogens is 296 g/mol. The first-order valence-electron chi connectivity index (χ1n) is 7.45. The highest BCUT2D eigenvalue weighted by Crippen LogP contribution is 2.21. The summed E-state index contributed by atoms with van der Waals surface area (Å²) in [6.07, 6.45) is 2.12. The number of furan rings is 1. The Morgan fingerprint density at radius 2 is 2.09 bits per heavy atom. The Balaban J connectivity index is 2.00. The van der Waals surface area contributed by atoms with E-state index in [0.29, 0.717) is 24.6 Å². The van der Waals surface area contributed by atoms with Crippen molar-refractivity contribution >= 4 is 0 Å². The molecule has 1 N–H and O–H groups in total. The Labute approximate surface area is 133 Å². The smallest absolute Gasteiger partial charge is 0.217 e. The first-order valence-corrected chi connectivity index (χ1v) is 7.45. The van der Waals surface area contributed by atoms with Gasteiger partial charge in [-0.3, -0.25) is 0 Å². The summed E-state index contributed by atoms with van der Waals surface area (Å²) in [5.74, 6) is 2.59. The van der Waals surface area contributed by atoms with Crippen molar-refractivity contribution in [3.05, 3.63) is 41.2 Å². The van der Waals surface area contributed by atoms with Crippen LogP contribution >= 0.6 is 0 Å². The summed E-state index contributed by atoms with van der Waals surface area (Å²) in [4.78, 5) is 4.57. The van der Waals surface area contributed by atoms with Gasteiger partial charge >= 0.3 is 0 Å². The van der Waals surface area contributed by atoms with E-state index in [4.69, 9.17) is 8.94 Å². The molecule has 0 aliphatic carbocycles. The standard InChI is InChI=1S/C16H20N4O3/c1-10-12(11(2)23-19-10)8-14-17-15(13-6-5-7-22-13)18-20(14)9-16(3,4)21/h5-7,21H,8-9H2,1-4H3. The van der Waals surface area contributed by atoms with Crippen molar-refractivity contribution in [1.82, 2.24) is 19.9 Å². The number of aliphatic hydroxyl groups is 1. The predicted octanol–water partition coefficient (Wildman–Crippen LogP) is 2.50. The average molecular weight is 316 g/mol. The predicted molar refractivity (Wildman–Crippen MR) is 82.8 cm³/mol. The van der Waals surface area contributed by atoms with Gasteiger partial charge in [0, 0.05) is 12.0 Å². The van der Waals surface area contributed by atoms with Gasteiger partial charge in [0.15, 0.2) is 5.76 Å². The van der Waals surface area contributed by atoms with Crippen LogP contribution in [0.4, 0.5) is 0 Å². The zero-order valence-electron chi connectivity index (χ0n) is 13.7. The lowest BCUT2D eigenvalue weighted by Gasteiger charge is -2.17. The molecule has 0 unspecified atom stereocenters. The maximum Gasteiger partial charge on any atom is 0.217 e. The SMILES string of the molecule is Cc1noc(C)c1Cc1nc(-c2ccco2)nn1CC(C)(C)O. The molecule has 3 rings (SSSR count). The Morgan fingerprint density at radius 1 is 1.30 bits per heavy atom. The van der Waals surface area contributed by atoms with Crippen molar-refractivity contribution in [3.8, 4) is 11.6 Å². The molecule has 7 nitrogen and oxygen atoms in total. The van der Waals surface area contributed by atoms with E-state index in [1.165, 1.54) is 0 Å². The van der Waals surface area contributed by atoms with Gasteiger partial charge in [0.2, 0.25) is 5.82 Å². The fraction of sp³-hybridized carbons (Fsp3) is 0.438.